The van der Waals surface area contributed by atoms with Gasteiger partial charge in [0.1, 0.15) is 5.69 Å². The first kappa shape index (κ1) is 21.2. The van der Waals surface area contributed by atoms with Crippen LogP contribution in [-0.4, -0.2) is 80.1 Å². The highest BCUT2D eigenvalue weighted by Gasteiger charge is 2.58. The number of aliphatic hydroxyl groups is 1. The Bertz CT molecular complexity index is 1250. The number of hydrogen-bond donors (Lipinski definition) is 1. The zero-order valence-electron chi connectivity index (χ0n) is 19.7. The van der Waals surface area contributed by atoms with Crippen LogP contribution in [0.5, 0.6) is 0 Å². The SMILES string of the molecule is CC1CN([C@]2(C)COC[C@@H]2O)CCN1c1cc2c(cnn2-c2cnn(C34CC(C3)C4)c2)cc1Cl. The van der Waals surface area contributed by atoms with Gasteiger partial charge < -0.3 is 14.7 Å². The molecule has 3 atom stereocenters. The highest BCUT2D eigenvalue weighted by molar-refractivity contribution is 6.34. The molecule has 0 radical (unpaired) electrons. The Hall–Kier alpha value is -2.13. The Morgan fingerprint density at radius 3 is 2.65 bits per heavy atom. The summed E-state index contributed by atoms with van der Waals surface area (Å²) < 4.78 is 9.73. The van der Waals surface area contributed by atoms with Crippen LogP contribution in [0, 0.1) is 5.92 Å². The maximum atomic E-state index is 10.5. The van der Waals surface area contributed by atoms with Crippen molar-refractivity contribution < 1.29 is 9.84 Å². The number of aliphatic hydroxyl groups excluding tert-OH is 1. The minimum absolute atomic E-state index is 0.247. The summed E-state index contributed by atoms with van der Waals surface area (Å²) in [5.41, 5.74) is 3.01. The largest absolute Gasteiger partial charge is 0.389 e. The topological polar surface area (TPSA) is 71.6 Å². The standard InChI is InChI=1S/C25H31ClN6O2/c1-16-12-29(24(2)15-34-14-23(24)33)3-4-30(16)22-6-21-18(5-20(22)26)10-28-32(21)19-11-27-31(13-19)25-7-17(8-25)9-25/h5-6,10-11,13,16-17,23,33H,3-4,7-9,12,14-15H2,1-2H3/t16?,17?,23-,24+,25?/m0/s1. The Labute approximate surface area is 204 Å². The van der Waals surface area contributed by atoms with Gasteiger partial charge in [-0.15, -0.1) is 0 Å². The summed E-state index contributed by atoms with van der Waals surface area (Å²) in [7, 11) is 0. The highest BCUT2D eigenvalue weighted by atomic mass is 35.5. The van der Waals surface area contributed by atoms with Gasteiger partial charge in [-0.25, -0.2) is 4.68 Å². The first-order valence-electron chi connectivity index (χ1n) is 12.4. The third kappa shape index (κ3) is 2.89. The molecular formula is C25H31ClN6O2. The van der Waals surface area contributed by atoms with Crippen molar-refractivity contribution >= 4 is 28.2 Å². The van der Waals surface area contributed by atoms with Gasteiger partial charge in [0, 0.05) is 31.1 Å². The van der Waals surface area contributed by atoms with Crippen LogP contribution in [0.15, 0.2) is 30.7 Å². The second-order valence-corrected chi connectivity index (χ2v) is 11.5. The zero-order valence-corrected chi connectivity index (χ0v) is 20.4. The summed E-state index contributed by atoms with van der Waals surface area (Å²) in [5, 5.41) is 21.6. The van der Waals surface area contributed by atoms with Crippen LogP contribution < -0.4 is 4.90 Å². The lowest BCUT2D eigenvalue weighted by molar-refractivity contribution is -0.0977. The number of halogens is 1. The van der Waals surface area contributed by atoms with Crippen molar-refractivity contribution in [2.75, 3.05) is 37.7 Å². The number of ether oxygens (including phenoxy) is 1. The number of aromatic nitrogens is 4. The minimum Gasteiger partial charge on any atom is -0.389 e. The fourth-order valence-electron chi connectivity index (χ4n) is 6.59. The van der Waals surface area contributed by atoms with E-state index in [9.17, 15) is 5.11 Å². The molecule has 1 aromatic carbocycles. The molecule has 0 amide bonds. The van der Waals surface area contributed by atoms with Crippen molar-refractivity contribution in [2.45, 2.75) is 56.3 Å². The average Bonchev–Trinajstić information content (AvgIpc) is 3.45. The number of piperazine rings is 1. The van der Waals surface area contributed by atoms with Crippen LogP contribution in [0.4, 0.5) is 5.69 Å². The molecule has 5 fully saturated rings. The molecule has 3 saturated carbocycles. The van der Waals surface area contributed by atoms with Crippen LogP contribution in [0.1, 0.15) is 33.1 Å². The summed E-state index contributed by atoms with van der Waals surface area (Å²) in [4.78, 5) is 4.76. The summed E-state index contributed by atoms with van der Waals surface area (Å²) in [6.45, 7) is 7.86. The van der Waals surface area contributed by atoms with E-state index in [1.807, 2.05) is 23.1 Å². The van der Waals surface area contributed by atoms with E-state index >= 15 is 0 Å². The molecule has 34 heavy (non-hydrogen) atoms. The van der Waals surface area contributed by atoms with E-state index in [4.69, 9.17) is 21.4 Å². The van der Waals surface area contributed by atoms with Crippen molar-refractivity contribution in [2.24, 2.45) is 5.92 Å². The van der Waals surface area contributed by atoms with Gasteiger partial charge in [-0.2, -0.15) is 10.2 Å². The van der Waals surface area contributed by atoms with Gasteiger partial charge in [0.2, 0.25) is 0 Å². The van der Waals surface area contributed by atoms with E-state index in [0.29, 0.717) is 13.2 Å². The van der Waals surface area contributed by atoms with Crippen LogP contribution in [0.3, 0.4) is 0 Å². The predicted octanol–water partition coefficient (Wildman–Crippen LogP) is 3.04. The molecule has 2 aliphatic heterocycles. The molecule has 2 bridgehead atoms. The molecule has 5 aliphatic rings. The molecule has 3 aromatic rings. The predicted molar refractivity (Wildman–Crippen MR) is 131 cm³/mol. The molecule has 8 nitrogen and oxygen atoms in total. The van der Waals surface area contributed by atoms with Gasteiger partial charge in [0.25, 0.3) is 0 Å². The number of fused-ring (bicyclic) bond motifs is 1. The lowest BCUT2D eigenvalue weighted by Crippen LogP contribution is -2.63. The molecule has 8 rings (SSSR count). The molecule has 1 N–H and O–H groups in total. The van der Waals surface area contributed by atoms with Crippen molar-refractivity contribution in [3.63, 3.8) is 0 Å². The fourth-order valence-corrected chi connectivity index (χ4v) is 6.87. The smallest absolute Gasteiger partial charge is 0.103 e. The molecule has 2 saturated heterocycles. The lowest BCUT2D eigenvalue weighted by Gasteiger charge is -2.61. The van der Waals surface area contributed by atoms with Crippen LogP contribution in [-0.2, 0) is 10.3 Å². The maximum absolute atomic E-state index is 10.5. The second kappa shape index (κ2) is 7.20. The number of anilines is 1. The molecule has 2 aromatic heterocycles. The van der Waals surface area contributed by atoms with Gasteiger partial charge in [-0.3, -0.25) is 9.58 Å². The molecule has 1 unspecified atom stereocenters. The first-order chi connectivity index (χ1) is 16.4. The summed E-state index contributed by atoms with van der Waals surface area (Å²) in [5.74, 6) is 0.914. The van der Waals surface area contributed by atoms with Gasteiger partial charge >= 0.3 is 0 Å². The summed E-state index contributed by atoms with van der Waals surface area (Å²) in [6.07, 6.45) is 9.30. The molecule has 180 valence electrons. The molecular weight excluding hydrogens is 452 g/mol. The zero-order chi connectivity index (χ0) is 23.2. The molecule has 3 aliphatic carbocycles. The van der Waals surface area contributed by atoms with E-state index in [-0.39, 0.29) is 17.1 Å². The third-order valence-corrected chi connectivity index (χ3v) is 9.29. The highest BCUT2D eigenvalue weighted by Crippen LogP contribution is 2.62. The van der Waals surface area contributed by atoms with Crippen LogP contribution in [0.25, 0.3) is 16.6 Å². The van der Waals surface area contributed by atoms with Gasteiger partial charge in [0.05, 0.1) is 65.2 Å². The monoisotopic (exact) mass is 482 g/mol. The van der Waals surface area contributed by atoms with E-state index in [0.717, 1.165) is 52.9 Å². The number of rotatable bonds is 4. The van der Waals surface area contributed by atoms with Gasteiger partial charge in [-0.1, -0.05) is 11.6 Å². The first-order valence-corrected chi connectivity index (χ1v) is 12.7. The lowest BCUT2D eigenvalue weighted by atomic mass is 9.50. The van der Waals surface area contributed by atoms with E-state index in [1.54, 1.807) is 0 Å². The Morgan fingerprint density at radius 1 is 1.15 bits per heavy atom. The van der Waals surface area contributed by atoms with Crippen LogP contribution in [0.2, 0.25) is 5.02 Å². The summed E-state index contributed by atoms with van der Waals surface area (Å²) >= 11 is 6.80. The maximum Gasteiger partial charge on any atom is 0.103 e. The van der Waals surface area contributed by atoms with E-state index in [1.165, 1.54) is 19.3 Å². The van der Waals surface area contributed by atoms with E-state index in [2.05, 4.69) is 45.7 Å². The third-order valence-electron chi connectivity index (χ3n) is 8.99. The molecule has 9 heteroatoms. The quantitative estimate of drug-likeness (QED) is 0.616. The van der Waals surface area contributed by atoms with Crippen LogP contribution >= 0.6 is 11.6 Å². The minimum atomic E-state index is -0.452. The number of benzene rings is 1. The van der Waals surface area contributed by atoms with Crippen molar-refractivity contribution in [3.05, 3.63) is 35.7 Å². The van der Waals surface area contributed by atoms with Crippen molar-refractivity contribution in [1.82, 2.24) is 24.5 Å². The van der Waals surface area contributed by atoms with Gasteiger partial charge in [0.15, 0.2) is 0 Å². The van der Waals surface area contributed by atoms with Gasteiger partial charge in [-0.05, 0) is 51.2 Å². The van der Waals surface area contributed by atoms with E-state index < -0.39 is 6.10 Å². The van der Waals surface area contributed by atoms with Crippen molar-refractivity contribution in [1.29, 1.82) is 0 Å². The Morgan fingerprint density at radius 2 is 1.97 bits per heavy atom. The average molecular weight is 483 g/mol. The molecule has 0 spiro atoms. The fraction of sp³-hybridized carbons (Fsp3) is 0.600. The Kier molecular flexibility index (Phi) is 4.48. The van der Waals surface area contributed by atoms with Crippen molar-refractivity contribution in [3.8, 4) is 5.69 Å². The normalized spacial score (nSPS) is 35.5. The number of nitrogens with zero attached hydrogens (tertiary/aromatic N) is 6. The molecule has 4 heterocycles. The Balaban J connectivity index is 1.18. The summed E-state index contributed by atoms with van der Waals surface area (Å²) in [6, 6.07) is 4.44. The number of hydrogen-bond acceptors (Lipinski definition) is 6. The second-order valence-electron chi connectivity index (χ2n) is 11.1.